The van der Waals surface area contributed by atoms with Gasteiger partial charge in [-0.05, 0) is 43.3 Å². The molecule has 0 amide bonds. The van der Waals surface area contributed by atoms with Gasteiger partial charge in [0, 0.05) is 12.6 Å². The van der Waals surface area contributed by atoms with Gasteiger partial charge >= 0.3 is 5.97 Å². The van der Waals surface area contributed by atoms with Crippen LogP contribution in [0.25, 0.3) is 33.9 Å². The van der Waals surface area contributed by atoms with Crippen LogP contribution in [0, 0.1) is 6.92 Å². The van der Waals surface area contributed by atoms with Crippen LogP contribution in [-0.4, -0.2) is 30.8 Å². The minimum atomic E-state index is -1.09. The van der Waals surface area contributed by atoms with Crippen LogP contribution in [0.3, 0.4) is 0 Å². The van der Waals surface area contributed by atoms with Gasteiger partial charge in [0.2, 0.25) is 5.76 Å². The van der Waals surface area contributed by atoms with Crippen LogP contribution in [0.4, 0.5) is 0 Å². The van der Waals surface area contributed by atoms with E-state index in [1.165, 1.54) is 6.07 Å². The van der Waals surface area contributed by atoms with Crippen molar-refractivity contribution in [2.45, 2.75) is 6.92 Å². The number of carboxylic acid groups (broad SMARTS) is 1. The molecule has 24 heavy (non-hydrogen) atoms. The van der Waals surface area contributed by atoms with Crippen molar-refractivity contribution in [3.8, 4) is 22.8 Å². The van der Waals surface area contributed by atoms with Crippen molar-refractivity contribution in [3.63, 3.8) is 0 Å². The lowest BCUT2D eigenvalue weighted by Gasteiger charge is -1.96. The largest absolute Gasteiger partial charge is 0.475 e. The van der Waals surface area contributed by atoms with E-state index in [0.29, 0.717) is 5.76 Å². The Bertz CT molecular complexity index is 1070. The molecular weight excluding hydrogens is 308 g/mol. The molecule has 0 saturated heterocycles. The molecule has 0 spiro atoms. The molecule has 0 aliphatic heterocycles. The summed E-state index contributed by atoms with van der Waals surface area (Å²) < 4.78 is 7.12. The summed E-state index contributed by atoms with van der Waals surface area (Å²) in [5, 5.41) is 13.3. The third-order valence-corrected chi connectivity index (χ3v) is 3.83. The van der Waals surface area contributed by atoms with Crippen LogP contribution in [0.2, 0.25) is 0 Å². The summed E-state index contributed by atoms with van der Waals surface area (Å²) in [4.78, 5) is 18.8. The first-order valence-electron chi connectivity index (χ1n) is 7.35. The first kappa shape index (κ1) is 14.3. The summed E-state index contributed by atoms with van der Waals surface area (Å²) in [7, 11) is 1.87. The summed E-state index contributed by atoms with van der Waals surface area (Å²) in [6.07, 6.45) is 0. The smallest absolute Gasteiger partial charge is 0.371 e. The molecule has 4 rings (SSSR count). The fraction of sp³-hybridized carbons (Fsp3) is 0.118. The number of hydrogen-bond acceptors (Lipinski definition) is 4. The van der Waals surface area contributed by atoms with E-state index in [1.54, 1.807) is 10.7 Å². The fourth-order valence-electron chi connectivity index (χ4n) is 2.72. The zero-order valence-corrected chi connectivity index (χ0v) is 13.1. The van der Waals surface area contributed by atoms with Crippen LogP contribution in [-0.2, 0) is 7.05 Å². The SMILES string of the molecule is Cc1cc(-c2nc3ccc(-c4ccc(C(=O)O)o4)cc3[nH]2)n(C)n1. The number of nitrogens with one attached hydrogen (secondary N) is 1. The van der Waals surface area contributed by atoms with Gasteiger partial charge in [-0.2, -0.15) is 5.10 Å². The van der Waals surface area contributed by atoms with Gasteiger partial charge in [0.25, 0.3) is 0 Å². The van der Waals surface area contributed by atoms with Gasteiger partial charge in [-0.3, -0.25) is 4.68 Å². The lowest BCUT2D eigenvalue weighted by Crippen LogP contribution is -1.94. The Balaban J connectivity index is 1.78. The molecule has 7 nitrogen and oxygen atoms in total. The second kappa shape index (κ2) is 5.09. The molecule has 120 valence electrons. The van der Waals surface area contributed by atoms with E-state index in [-0.39, 0.29) is 5.76 Å². The van der Waals surface area contributed by atoms with Gasteiger partial charge in [0.05, 0.1) is 16.7 Å². The predicted octanol–water partition coefficient (Wildman–Crippen LogP) is 3.23. The average molecular weight is 322 g/mol. The maximum atomic E-state index is 10.9. The second-order valence-corrected chi connectivity index (χ2v) is 5.58. The number of benzene rings is 1. The van der Waals surface area contributed by atoms with Crippen LogP contribution in [0.1, 0.15) is 16.2 Å². The van der Waals surface area contributed by atoms with Gasteiger partial charge < -0.3 is 14.5 Å². The highest BCUT2D eigenvalue weighted by Crippen LogP contribution is 2.27. The Morgan fingerprint density at radius 3 is 2.75 bits per heavy atom. The summed E-state index contributed by atoms with van der Waals surface area (Å²) >= 11 is 0. The molecule has 0 atom stereocenters. The number of H-pyrrole nitrogens is 1. The highest BCUT2D eigenvalue weighted by molar-refractivity contribution is 5.86. The number of aryl methyl sites for hydroxylation is 2. The number of hydrogen-bond donors (Lipinski definition) is 2. The summed E-state index contributed by atoms with van der Waals surface area (Å²) in [5.41, 5.74) is 4.26. The predicted molar refractivity (Wildman–Crippen MR) is 87.7 cm³/mol. The molecule has 3 heterocycles. The maximum absolute atomic E-state index is 10.9. The van der Waals surface area contributed by atoms with Crippen LogP contribution < -0.4 is 0 Å². The topological polar surface area (TPSA) is 96.9 Å². The number of aromatic carboxylic acids is 1. The number of carboxylic acids is 1. The third-order valence-electron chi connectivity index (χ3n) is 3.83. The highest BCUT2D eigenvalue weighted by Gasteiger charge is 2.13. The Morgan fingerprint density at radius 1 is 1.25 bits per heavy atom. The van der Waals surface area contributed by atoms with Crippen LogP contribution in [0.15, 0.2) is 40.8 Å². The molecule has 0 bridgehead atoms. The molecule has 4 aromatic rings. The number of rotatable bonds is 3. The van der Waals surface area contributed by atoms with Crippen molar-refractivity contribution in [2.24, 2.45) is 7.05 Å². The molecule has 0 unspecified atom stereocenters. The zero-order valence-electron chi connectivity index (χ0n) is 13.1. The Kier molecular flexibility index (Phi) is 3.02. The molecular formula is C17H14N4O3. The van der Waals surface area contributed by atoms with Crippen molar-refractivity contribution >= 4 is 17.0 Å². The highest BCUT2D eigenvalue weighted by atomic mass is 16.4. The Hall–Kier alpha value is -3.35. The zero-order chi connectivity index (χ0) is 16.8. The number of carbonyl (C=O) groups is 1. The van der Waals surface area contributed by atoms with Crippen molar-refractivity contribution in [1.82, 2.24) is 19.7 Å². The van der Waals surface area contributed by atoms with Crippen molar-refractivity contribution < 1.29 is 14.3 Å². The fourth-order valence-corrected chi connectivity index (χ4v) is 2.72. The van der Waals surface area contributed by atoms with Gasteiger partial charge in [-0.25, -0.2) is 9.78 Å². The molecule has 0 fully saturated rings. The van der Waals surface area contributed by atoms with E-state index in [4.69, 9.17) is 9.52 Å². The molecule has 1 aromatic carbocycles. The lowest BCUT2D eigenvalue weighted by molar-refractivity contribution is 0.0663. The maximum Gasteiger partial charge on any atom is 0.371 e. The number of aromatic nitrogens is 4. The summed E-state index contributed by atoms with van der Waals surface area (Å²) in [5.74, 6) is 0.0660. The monoisotopic (exact) mass is 322 g/mol. The number of imidazole rings is 1. The Labute approximate surface area is 136 Å². The van der Waals surface area contributed by atoms with Crippen molar-refractivity contribution in [1.29, 1.82) is 0 Å². The molecule has 0 aliphatic rings. The third kappa shape index (κ3) is 2.26. The number of furan rings is 1. The van der Waals surface area contributed by atoms with Gasteiger partial charge in [-0.15, -0.1) is 0 Å². The minimum Gasteiger partial charge on any atom is -0.475 e. The summed E-state index contributed by atoms with van der Waals surface area (Å²) in [6, 6.07) is 10.7. The van der Waals surface area contributed by atoms with Crippen molar-refractivity contribution in [2.75, 3.05) is 0 Å². The van der Waals surface area contributed by atoms with Crippen molar-refractivity contribution in [3.05, 3.63) is 47.9 Å². The van der Waals surface area contributed by atoms with E-state index in [2.05, 4.69) is 15.1 Å². The van der Waals surface area contributed by atoms with E-state index < -0.39 is 5.97 Å². The lowest BCUT2D eigenvalue weighted by atomic mass is 10.1. The van der Waals surface area contributed by atoms with Gasteiger partial charge in [0.15, 0.2) is 5.82 Å². The number of aromatic amines is 1. The van der Waals surface area contributed by atoms with E-state index in [9.17, 15) is 4.79 Å². The van der Waals surface area contributed by atoms with Crippen LogP contribution in [0.5, 0.6) is 0 Å². The molecule has 0 radical (unpaired) electrons. The molecule has 2 N–H and O–H groups in total. The number of nitrogens with zero attached hydrogens (tertiary/aromatic N) is 3. The first-order valence-corrected chi connectivity index (χ1v) is 7.35. The number of fused-ring (bicyclic) bond motifs is 1. The van der Waals surface area contributed by atoms with E-state index in [0.717, 1.165) is 33.8 Å². The second-order valence-electron chi connectivity index (χ2n) is 5.58. The molecule has 0 saturated carbocycles. The van der Waals surface area contributed by atoms with E-state index in [1.807, 2.05) is 38.2 Å². The van der Waals surface area contributed by atoms with Gasteiger partial charge in [0.1, 0.15) is 11.5 Å². The standard InChI is InChI=1S/C17H14N4O3/c1-9-7-13(21(2)20-9)16-18-11-4-3-10(8-12(11)19-16)14-5-6-15(24-14)17(22)23/h3-8H,1-2H3,(H,18,19)(H,22,23). The normalized spacial score (nSPS) is 11.2. The summed E-state index contributed by atoms with van der Waals surface area (Å²) in [6.45, 7) is 1.93. The van der Waals surface area contributed by atoms with E-state index >= 15 is 0 Å². The molecule has 3 aromatic heterocycles. The molecule has 7 heteroatoms. The average Bonchev–Trinajstić information content (AvgIpc) is 3.23. The van der Waals surface area contributed by atoms with Gasteiger partial charge in [-0.1, -0.05) is 0 Å². The Morgan fingerprint density at radius 2 is 2.08 bits per heavy atom. The first-order chi connectivity index (χ1) is 11.5. The minimum absolute atomic E-state index is 0.0826. The quantitative estimate of drug-likeness (QED) is 0.603. The molecule has 0 aliphatic carbocycles. The van der Waals surface area contributed by atoms with Crippen LogP contribution >= 0.6 is 0 Å².